The minimum atomic E-state index is 0.114. The van der Waals surface area contributed by atoms with Crippen molar-refractivity contribution in [1.82, 2.24) is 0 Å². The highest BCUT2D eigenvalue weighted by atomic mass is 33.1. The van der Waals surface area contributed by atoms with Crippen LogP contribution in [0.1, 0.15) is 13.8 Å². The fourth-order valence-corrected chi connectivity index (χ4v) is 3.03. The average Bonchev–Trinajstić information content (AvgIpc) is 2.52. The zero-order chi connectivity index (χ0) is 12.5. The monoisotopic (exact) mass is 268 g/mol. The van der Waals surface area contributed by atoms with E-state index in [1.807, 2.05) is 19.9 Å². The molecule has 17 heavy (non-hydrogen) atoms. The lowest BCUT2D eigenvalue weighted by molar-refractivity contribution is 1.000. The van der Waals surface area contributed by atoms with E-state index in [-0.39, 0.29) is 11.4 Å². The van der Waals surface area contributed by atoms with E-state index in [1.165, 1.54) is 6.20 Å². The maximum atomic E-state index is 5.21. The molecule has 0 saturated heterocycles. The lowest BCUT2D eigenvalue weighted by Crippen LogP contribution is -2.09. The molecule has 0 fully saturated rings. The predicted molar refractivity (Wildman–Crippen MR) is 81.0 cm³/mol. The first-order chi connectivity index (χ1) is 8.24. The second kappa shape index (κ2) is 8.14. The van der Waals surface area contributed by atoms with Crippen LogP contribution in [0.5, 0.6) is 0 Å². The summed E-state index contributed by atoms with van der Waals surface area (Å²) in [5.74, 6) is 0. The van der Waals surface area contributed by atoms with E-state index < -0.39 is 0 Å². The first-order valence-electron chi connectivity index (χ1n) is 5.23. The minimum absolute atomic E-state index is 0.114. The molecule has 2 atom stereocenters. The van der Waals surface area contributed by atoms with Crippen LogP contribution < -0.4 is 5.73 Å². The number of hydrogen-bond acceptors (Lipinski definition) is 6. The zero-order valence-electron chi connectivity index (χ0n) is 9.85. The van der Waals surface area contributed by atoms with Gasteiger partial charge in [-0.05, 0) is 43.0 Å². The first-order valence-corrected chi connectivity index (χ1v) is 7.44. The van der Waals surface area contributed by atoms with Crippen LogP contribution in [-0.2, 0) is 0 Å². The summed E-state index contributed by atoms with van der Waals surface area (Å²) >= 11 is 0. The molecule has 1 heterocycles. The second-order valence-corrected chi connectivity index (χ2v) is 5.78. The third-order valence-corrected chi connectivity index (χ3v) is 4.56. The molecule has 0 aromatic rings. The van der Waals surface area contributed by atoms with Gasteiger partial charge in [-0.15, -0.1) is 0 Å². The van der Waals surface area contributed by atoms with E-state index in [1.54, 1.807) is 46.3 Å². The van der Waals surface area contributed by atoms with Gasteiger partial charge in [-0.25, -0.2) is 0 Å². The number of aliphatic imine (C=N–C) groups is 3. The largest absolute Gasteiger partial charge is 0.405 e. The van der Waals surface area contributed by atoms with Crippen LogP contribution in [0.3, 0.4) is 0 Å². The first kappa shape index (κ1) is 14.1. The van der Waals surface area contributed by atoms with Crippen LogP contribution in [0, 0.1) is 0 Å². The molecule has 1 aliphatic rings. The van der Waals surface area contributed by atoms with E-state index in [0.717, 1.165) is 5.04 Å². The fourth-order valence-electron chi connectivity index (χ4n) is 0.961. The summed E-state index contributed by atoms with van der Waals surface area (Å²) in [6.45, 7) is 4.06. The standard InChI is InChI=1S/C11H16N4S2/c1-9-11(15-8-4-7-13-9)17-16-10(2)14-6-3-5-12/h3-10H,12H2,1-2H3/b5-3-,14-6-/t9-,10?/m0/s1. The highest BCUT2D eigenvalue weighted by Gasteiger charge is 2.12. The van der Waals surface area contributed by atoms with Crippen molar-refractivity contribution in [3.63, 3.8) is 0 Å². The van der Waals surface area contributed by atoms with Gasteiger partial charge in [0.1, 0.15) is 10.4 Å². The molecule has 0 aliphatic carbocycles. The van der Waals surface area contributed by atoms with Gasteiger partial charge in [0, 0.05) is 18.6 Å². The van der Waals surface area contributed by atoms with Crippen molar-refractivity contribution in [2.75, 3.05) is 0 Å². The summed E-state index contributed by atoms with van der Waals surface area (Å²) in [5.41, 5.74) is 5.21. The highest BCUT2D eigenvalue weighted by molar-refractivity contribution is 8.82. The molecule has 0 saturated carbocycles. The maximum absolute atomic E-state index is 5.21. The third kappa shape index (κ3) is 5.74. The van der Waals surface area contributed by atoms with Gasteiger partial charge in [-0.3, -0.25) is 15.0 Å². The Morgan fingerprint density at radius 1 is 1.59 bits per heavy atom. The molecule has 6 heteroatoms. The van der Waals surface area contributed by atoms with Gasteiger partial charge < -0.3 is 5.73 Å². The summed E-state index contributed by atoms with van der Waals surface area (Å²) in [6, 6.07) is 0.114. The number of nitrogens with zero attached hydrogens (tertiary/aromatic N) is 3. The molecule has 0 aromatic heterocycles. The van der Waals surface area contributed by atoms with E-state index >= 15 is 0 Å². The van der Waals surface area contributed by atoms with Crippen molar-refractivity contribution in [3.05, 3.63) is 24.6 Å². The molecule has 0 bridgehead atoms. The molecular weight excluding hydrogens is 252 g/mol. The van der Waals surface area contributed by atoms with Crippen molar-refractivity contribution < 1.29 is 0 Å². The lowest BCUT2D eigenvalue weighted by atomic mass is 10.4. The van der Waals surface area contributed by atoms with E-state index in [4.69, 9.17) is 5.73 Å². The average molecular weight is 268 g/mol. The number of rotatable bonds is 4. The van der Waals surface area contributed by atoms with Crippen LogP contribution in [0.4, 0.5) is 0 Å². The second-order valence-electron chi connectivity index (χ2n) is 3.24. The number of allylic oxidation sites excluding steroid dienone is 2. The topological polar surface area (TPSA) is 63.1 Å². The van der Waals surface area contributed by atoms with Crippen molar-refractivity contribution in [2.45, 2.75) is 25.3 Å². The predicted octanol–water partition coefficient (Wildman–Crippen LogP) is 2.64. The smallest absolute Gasteiger partial charge is 0.108 e. The van der Waals surface area contributed by atoms with Crippen molar-refractivity contribution in [2.24, 2.45) is 20.7 Å². The zero-order valence-corrected chi connectivity index (χ0v) is 11.5. The summed E-state index contributed by atoms with van der Waals surface area (Å²) < 4.78 is 0. The molecule has 92 valence electrons. The van der Waals surface area contributed by atoms with Gasteiger partial charge in [0.05, 0.1) is 6.04 Å². The van der Waals surface area contributed by atoms with Crippen LogP contribution in [0.25, 0.3) is 0 Å². The Labute approximate surface area is 110 Å². The van der Waals surface area contributed by atoms with Crippen molar-refractivity contribution in [3.8, 4) is 0 Å². The molecule has 1 rings (SSSR count). The van der Waals surface area contributed by atoms with E-state index in [2.05, 4.69) is 15.0 Å². The Hall–Kier alpha value is -1.01. The molecule has 1 unspecified atom stereocenters. The third-order valence-electron chi connectivity index (χ3n) is 1.81. The van der Waals surface area contributed by atoms with Crippen LogP contribution >= 0.6 is 21.6 Å². The molecule has 0 spiro atoms. The lowest BCUT2D eigenvalue weighted by Gasteiger charge is -2.09. The quantitative estimate of drug-likeness (QED) is 0.630. The molecule has 0 amide bonds. The van der Waals surface area contributed by atoms with Gasteiger partial charge in [-0.2, -0.15) is 0 Å². The summed E-state index contributed by atoms with van der Waals surface area (Å²) in [5, 5.41) is 1.15. The summed E-state index contributed by atoms with van der Waals surface area (Å²) in [6.07, 6.45) is 10.3. The molecule has 1 aliphatic heterocycles. The Balaban J connectivity index is 2.42. The van der Waals surface area contributed by atoms with Gasteiger partial charge in [0.2, 0.25) is 0 Å². The Morgan fingerprint density at radius 3 is 3.18 bits per heavy atom. The Kier molecular flexibility index (Phi) is 6.73. The number of hydrogen-bond donors (Lipinski definition) is 1. The SMILES string of the molecule is CC(/N=C\C=C/N)SSC1=NC=CC=N[C@H]1C. The van der Waals surface area contributed by atoms with Gasteiger partial charge in [0.15, 0.2) is 0 Å². The van der Waals surface area contributed by atoms with Gasteiger partial charge in [0.25, 0.3) is 0 Å². The molecule has 0 radical (unpaired) electrons. The highest BCUT2D eigenvalue weighted by Crippen LogP contribution is 2.30. The van der Waals surface area contributed by atoms with E-state index in [9.17, 15) is 0 Å². The molecule has 2 N–H and O–H groups in total. The van der Waals surface area contributed by atoms with E-state index in [0.29, 0.717) is 0 Å². The van der Waals surface area contributed by atoms with Gasteiger partial charge >= 0.3 is 0 Å². The summed E-state index contributed by atoms with van der Waals surface area (Å²) in [4.78, 5) is 12.9. The van der Waals surface area contributed by atoms with Gasteiger partial charge in [-0.1, -0.05) is 10.8 Å². The molecule has 4 nitrogen and oxygen atoms in total. The minimum Gasteiger partial charge on any atom is -0.405 e. The molecule has 0 aromatic carbocycles. The molecular formula is C11H16N4S2. The Bertz CT molecular complexity index is 372. The van der Waals surface area contributed by atoms with Crippen LogP contribution in [0.15, 0.2) is 39.5 Å². The van der Waals surface area contributed by atoms with Crippen LogP contribution in [0.2, 0.25) is 0 Å². The normalized spacial score (nSPS) is 22.0. The van der Waals surface area contributed by atoms with Crippen molar-refractivity contribution in [1.29, 1.82) is 0 Å². The summed E-state index contributed by atoms with van der Waals surface area (Å²) in [7, 11) is 3.27. The Morgan fingerprint density at radius 2 is 2.41 bits per heavy atom. The van der Waals surface area contributed by atoms with Crippen LogP contribution in [-0.4, -0.2) is 28.9 Å². The number of nitrogens with two attached hydrogens (primary N) is 1. The van der Waals surface area contributed by atoms with Crippen molar-refractivity contribution >= 4 is 39.1 Å². The maximum Gasteiger partial charge on any atom is 0.108 e. The fraction of sp³-hybridized carbons (Fsp3) is 0.364.